The number of nitrogens with one attached hydrogen (secondary N) is 2. The minimum atomic E-state index is -0.127. The molecule has 0 aromatic rings. The first kappa shape index (κ1) is 16.4. The number of rotatable bonds is 8. The Balaban J connectivity index is 2.26. The molecular formula is C15H30N2O2. The first-order valence-corrected chi connectivity index (χ1v) is 7.73. The highest BCUT2D eigenvalue weighted by Gasteiger charge is 2.27. The van der Waals surface area contributed by atoms with Crippen molar-refractivity contribution in [1.29, 1.82) is 0 Å². The van der Waals surface area contributed by atoms with E-state index in [0.29, 0.717) is 12.0 Å². The van der Waals surface area contributed by atoms with Crippen molar-refractivity contribution in [1.82, 2.24) is 10.6 Å². The monoisotopic (exact) mass is 270 g/mol. The van der Waals surface area contributed by atoms with Gasteiger partial charge in [-0.25, -0.2) is 0 Å². The van der Waals surface area contributed by atoms with Gasteiger partial charge >= 0.3 is 0 Å². The van der Waals surface area contributed by atoms with Crippen molar-refractivity contribution in [3.05, 3.63) is 0 Å². The topological polar surface area (TPSA) is 50.4 Å². The maximum atomic E-state index is 12.0. The van der Waals surface area contributed by atoms with Gasteiger partial charge in [-0.05, 0) is 39.0 Å². The number of carbonyl (C=O) groups is 1. The summed E-state index contributed by atoms with van der Waals surface area (Å²) in [5, 5.41) is 6.39. The first-order valence-electron chi connectivity index (χ1n) is 7.73. The second kappa shape index (κ2) is 8.54. The molecule has 0 spiro atoms. The van der Waals surface area contributed by atoms with Crippen molar-refractivity contribution < 1.29 is 9.53 Å². The van der Waals surface area contributed by atoms with Crippen molar-refractivity contribution in [3.8, 4) is 0 Å². The predicted molar refractivity (Wildman–Crippen MR) is 78.1 cm³/mol. The van der Waals surface area contributed by atoms with Crippen molar-refractivity contribution in [2.24, 2.45) is 5.92 Å². The van der Waals surface area contributed by atoms with E-state index < -0.39 is 0 Å². The van der Waals surface area contributed by atoms with Gasteiger partial charge in [0.25, 0.3) is 0 Å². The standard InChI is InChI=1S/C15H30N2O2/c1-5-7-11(3)17-15(18)12(4)16-10-13-8-9-19-14(13)6-2/h11-14,16H,5-10H2,1-4H3,(H,17,18). The molecule has 1 saturated heterocycles. The fraction of sp³-hybridized carbons (Fsp3) is 0.933. The van der Waals surface area contributed by atoms with Crippen LogP contribution in [0.25, 0.3) is 0 Å². The molecule has 0 saturated carbocycles. The van der Waals surface area contributed by atoms with E-state index in [1.807, 2.05) is 6.92 Å². The Morgan fingerprint density at radius 1 is 1.37 bits per heavy atom. The number of amides is 1. The van der Waals surface area contributed by atoms with Crippen LogP contribution in [0.1, 0.15) is 53.4 Å². The normalized spacial score (nSPS) is 26.1. The van der Waals surface area contributed by atoms with Crippen LogP contribution in [-0.2, 0) is 9.53 Å². The molecule has 1 aliphatic rings. The second-order valence-corrected chi connectivity index (χ2v) is 5.69. The van der Waals surface area contributed by atoms with Crippen molar-refractivity contribution in [2.45, 2.75) is 71.6 Å². The Labute approximate surface area is 117 Å². The fourth-order valence-corrected chi connectivity index (χ4v) is 2.67. The van der Waals surface area contributed by atoms with E-state index in [-0.39, 0.29) is 18.0 Å². The summed E-state index contributed by atoms with van der Waals surface area (Å²) in [6.07, 6.45) is 4.65. The average molecular weight is 270 g/mol. The van der Waals surface area contributed by atoms with E-state index in [9.17, 15) is 4.79 Å². The van der Waals surface area contributed by atoms with Gasteiger partial charge in [-0.3, -0.25) is 4.79 Å². The van der Waals surface area contributed by atoms with Gasteiger partial charge in [0.15, 0.2) is 0 Å². The third-order valence-corrected chi connectivity index (χ3v) is 3.94. The molecule has 0 bridgehead atoms. The molecule has 0 aromatic carbocycles. The molecule has 0 aromatic heterocycles. The van der Waals surface area contributed by atoms with Gasteiger partial charge in [-0.1, -0.05) is 20.3 Å². The number of hydrogen-bond acceptors (Lipinski definition) is 3. The highest BCUT2D eigenvalue weighted by molar-refractivity contribution is 5.81. The van der Waals surface area contributed by atoms with Crippen LogP contribution in [0.4, 0.5) is 0 Å². The quantitative estimate of drug-likeness (QED) is 0.710. The lowest BCUT2D eigenvalue weighted by Crippen LogP contribution is -2.47. The maximum absolute atomic E-state index is 12.0. The van der Waals surface area contributed by atoms with Crippen LogP contribution >= 0.6 is 0 Å². The van der Waals surface area contributed by atoms with Gasteiger partial charge in [0.05, 0.1) is 12.1 Å². The van der Waals surface area contributed by atoms with Crippen molar-refractivity contribution in [2.75, 3.05) is 13.2 Å². The average Bonchev–Trinajstić information content (AvgIpc) is 2.83. The van der Waals surface area contributed by atoms with E-state index in [2.05, 4.69) is 31.4 Å². The summed E-state index contributed by atoms with van der Waals surface area (Å²) < 4.78 is 5.66. The molecule has 0 aliphatic carbocycles. The molecule has 0 radical (unpaired) electrons. The third kappa shape index (κ3) is 5.49. The van der Waals surface area contributed by atoms with Crippen LogP contribution in [0.2, 0.25) is 0 Å². The summed E-state index contributed by atoms with van der Waals surface area (Å²) in [5.74, 6) is 0.654. The second-order valence-electron chi connectivity index (χ2n) is 5.69. The number of carbonyl (C=O) groups excluding carboxylic acids is 1. The molecule has 1 aliphatic heterocycles. The Hall–Kier alpha value is -0.610. The Morgan fingerprint density at radius 2 is 2.11 bits per heavy atom. The lowest BCUT2D eigenvalue weighted by atomic mass is 9.99. The minimum Gasteiger partial charge on any atom is -0.378 e. The van der Waals surface area contributed by atoms with Gasteiger partial charge in [-0.2, -0.15) is 0 Å². The fourth-order valence-electron chi connectivity index (χ4n) is 2.67. The highest BCUT2D eigenvalue weighted by Crippen LogP contribution is 2.22. The maximum Gasteiger partial charge on any atom is 0.237 e. The summed E-state index contributed by atoms with van der Waals surface area (Å²) in [7, 11) is 0. The van der Waals surface area contributed by atoms with Crippen LogP contribution in [0.5, 0.6) is 0 Å². The van der Waals surface area contributed by atoms with Crippen molar-refractivity contribution in [3.63, 3.8) is 0 Å². The van der Waals surface area contributed by atoms with Gasteiger partial charge in [0, 0.05) is 19.2 Å². The zero-order valence-corrected chi connectivity index (χ0v) is 12.9. The van der Waals surface area contributed by atoms with Crippen LogP contribution in [0, 0.1) is 5.92 Å². The summed E-state index contributed by atoms with van der Waals surface area (Å²) in [5.41, 5.74) is 0. The smallest absolute Gasteiger partial charge is 0.237 e. The van der Waals surface area contributed by atoms with E-state index in [0.717, 1.165) is 38.8 Å². The van der Waals surface area contributed by atoms with Gasteiger partial charge in [0.1, 0.15) is 0 Å². The van der Waals surface area contributed by atoms with Gasteiger partial charge in [-0.15, -0.1) is 0 Å². The summed E-state index contributed by atoms with van der Waals surface area (Å²) in [4.78, 5) is 12.0. The van der Waals surface area contributed by atoms with Crippen molar-refractivity contribution >= 4 is 5.91 Å². The van der Waals surface area contributed by atoms with Crippen LogP contribution in [0.3, 0.4) is 0 Å². The molecule has 4 atom stereocenters. The molecule has 4 unspecified atom stereocenters. The van der Waals surface area contributed by atoms with E-state index in [4.69, 9.17) is 4.74 Å². The first-order chi connectivity index (χ1) is 9.08. The molecule has 1 fully saturated rings. The lowest BCUT2D eigenvalue weighted by molar-refractivity contribution is -0.123. The zero-order valence-electron chi connectivity index (χ0n) is 12.9. The SMILES string of the molecule is CCCC(C)NC(=O)C(C)NCC1CCOC1CC. The third-order valence-electron chi connectivity index (χ3n) is 3.94. The number of hydrogen-bond donors (Lipinski definition) is 2. The minimum absolute atomic E-state index is 0.105. The zero-order chi connectivity index (χ0) is 14.3. The Bertz CT molecular complexity index is 271. The molecule has 19 heavy (non-hydrogen) atoms. The summed E-state index contributed by atoms with van der Waals surface area (Å²) in [6, 6.07) is 0.136. The summed E-state index contributed by atoms with van der Waals surface area (Å²) >= 11 is 0. The molecule has 2 N–H and O–H groups in total. The molecule has 4 heteroatoms. The molecule has 1 heterocycles. The predicted octanol–water partition coefficient (Wildman–Crippen LogP) is 2.08. The molecular weight excluding hydrogens is 240 g/mol. The largest absolute Gasteiger partial charge is 0.378 e. The summed E-state index contributed by atoms with van der Waals surface area (Å²) in [6.45, 7) is 10.0. The number of ether oxygens (including phenoxy) is 1. The highest BCUT2D eigenvalue weighted by atomic mass is 16.5. The Morgan fingerprint density at radius 3 is 2.74 bits per heavy atom. The molecule has 1 rings (SSSR count). The molecule has 1 amide bonds. The van der Waals surface area contributed by atoms with Crippen LogP contribution in [0.15, 0.2) is 0 Å². The molecule has 4 nitrogen and oxygen atoms in total. The van der Waals surface area contributed by atoms with E-state index >= 15 is 0 Å². The van der Waals surface area contributed by atoms with Crippen LogP contribution in [-0.4, -0.2) is 37.2 Å². The Kier molecular flexibility index (Phi) is 7.39. The lowest BCUT2D eigenvalue weighted by Gasteiger charge is -2.21. The van der Waals surface area contributed by atoms with Gasteiger partial charge < -0.3 is 15.4 Å². The molecule has 112 valence electrons. The van der Waals surface area contributed by atoms with E-state index in [1.165, 1.54) is 0 Å². The van der Waals surface area contributed by atoms with Gasteiger partial charge in [0.2, 0.25) is 5.91 Å². The van der Waals surface area contributed by atoms with Crippen LogP contribution < -0.4 is 10.6 Å². The van der Waals surface area contributed by atoms with E-state index in [1.54, 1.807) is 0 Å².